The van der Waals surface area contributed by atoms with Gasteiger partial charge in [-0.3, -0.25) is 14.3 Å². The maximum absolute atomic E-state index is 12.2. The molecule has 2 heterocycles. The standard InChI is InChI=1S/C21H25ClN6O4/c1-12-5-6-16(9-13(12)2)31-11-18(29)23-7-8-24-20(30)21-25-17(27-32-21)10-28-15(4)19(22)14(3)26-28/h5-6,9H,7-8,10-11H2,1-4H3,(H,23,29)(H,24,30). The van der Waals surface area contributed by atoms with E-state index >= 15 is 0 Å². The molecule has 0 bridgehead atoms. The highest BCUT2D eigenvalue weighted by Crippen LogP contribution is 2.19. The van der Waals surface area contributed by atoms with Gasteiger partial charge in [-0.25, -0.2) is 0 Å². The molecule has 2 N–H and O–H groups in total. The van der Waals surface area contributed by atoms with Crippen LogP contribution in [0.15, 0.2) is 22.7 Å². The minimum absolute atomic E-state index is 0.111. The number of aromatic nitrogens is 4. The minimum Gasteiger partial charge on any atom is -0.484 e. The zero-order valence-corrected chi connectivity index (χ0v) is 19.1. The second kappa shape index (κ2) is 10.3. The quantitative estimate of drug-likeness (QED) is 0.468. The maximum Gasteiger partial charge on any atom is 0.316 e. The second-order valence-corrected chi connectivity index (χ2v) is 7.68. The van der Waals surface area contributed by atoms with Gasteiger partial charge in [-0.15, -0.1) is 0 Å². The molecule has 0 fully saturated rings. The molecule has 32 heavy (non-hydrogen) atoms. The molecular formula is C21H25ClN6O4. The lowest BCUT2D eigenvalue weighted by Gasteiger charge is -2.09. The van der Waals surface area contributed by atoms with E-state index in [1.165, 1.54) is 0 Å². The van der Waals surface area contributed by atoms with Gasteiger partial charge in [0.25, 0.3) is 5.91 Å². The molecular weight excluding hydrogens is 436 g/mol. The summed E-state index contributed by atoms with van der Waals surface area (Å²) in [6.07, 6.45) is 0. The summed E-state index contributed by atoms with van der Waals surface area (Å²) < 4.78 is 12.1. The van der Waals surface area contributed by atoms with Crippen LogP contribution in [0.4, 0.5) is 0 Å². The number of hydrogen-bond donors (Lipinski definition) is 2. The fourth-order valence-corrected chi connectivity index (χ4v) is 2.97. The molecule has 0 aliphatic heterocycles. The van der Waals surface area contributed by atoms with E-state index in [0.717, 1.165) is 16.8 Å². The Morgan fingerprint density at radius 2 is 1.88 bits per heavy atom. The number of hydrogen-bond acceptors (Lipinski definition) is 7. The van der Waals surface area contributed by atoms with Crippen molar-refractivity contribution in [2.45, 2.75) is 34.2 Å². The number of halogens is 1. The van der Waals surface area contributed by atoms with Gasteiger partial charge in [-0.2, -0.15) is 10.1 Å². The van der Waals surface area contributed by atoms with Crippen molar-refractivity contribution >= 4 is 23.4 Å². The Kier molecular flexibility index (Phi) is 7.47. The van der Waals surface area contributed by atoms with E-state index in [9.17, 15) is 9.59 Å². The lowest BCUT2D eigenvalue weighted by Crippen LogP contribution is -2.36. The number of nitrogens with one attached hydrogen (secondary N) is 2. The number of rotatable bonds is 9. The molecule has 10 nitrogen and oxygen atoms in total. The van der Waals surface area contributed by atoms with Gasteiger partial charge < -0.3 is 19.9 Å². The van der Waals surface area contributed by atoms with Crippen LogP contribution in [0.5, 0.6) is 5.75 Å². The van der Waals surface area contributed by atoms with Gasteiger partial charge in [0.2, 0.25) is 0 Å². The van der Waals surface area contributed by atoms with Gasteiger partial charge in [-0.05, 0) is 51.0 Å². The number of carbonyl (C=O) groups excluding carboxylic acids is 2. The molecule has 0 saturated heterocycles. The number of ether oxygens (including phenoxy) is 1. The summed E-state index contributed by atoms with van der Waals surface area (Å²) in [6.45, 7) is 8.16. The van der Waals surface area contributed by atoms with Gasteiger partial charge in [0.1, 0.15) is 12.3 Å². The highest BCUT2D eigenvalue weighted by molar-refractivity contribution is 6.31. The fourth-order valence-electron chi connectivity index (χ4n) is 2.83. The summed E-state index contributed by atoms with van der Waals surface area (Å²) in [6, 6.07) is 5.64. The first-order chi connectivity index (χ1) is 15.2. The first kappa shape index (κ1) is 23.3. The largest absolute Gasteiger partial charge is 0.484 e. The van der Waals surface area contributed by atoms with Gasteiger partial charge in [0.05, 0.1) is 16.4 Å². The fraction of sp³-hybridized carbons (Fsp3) is 0.381. The molecule has 2 aromatic heterocycles. The van der Waals surface area contributed by atoms with E-state index in [1.807, 2.05) is 39.0 Å². The van der Waals surface area contributed by atoms with Crippen molar-refractivity contribution < 1.29 is 18.8 Å². The van der Waals surface area contributed by atoms with Crippen LogP contribution >= 0.6 is 11.6 Å². The molecule has 2 amide bonds. The van der Waals surface area contributed by atoms with Gasteiger partial charge in [-0.1, -0.05) is 22.8 Å². The van der Waals surface area contributed by atoms with E-state index in [2.05, 4.69) is 25.9 Å². The lowest BCUT2D eigenvalue weighted by molar-refractivity contribution is -0.123. The smallest absolute Gasteiger partial charge is 0.316 e. The van der Waals surface area contributed by atoms with Crippen LogP contribution in [0.3, 0.4) is 0 Å². The lowest BCUT2D eigenvalue weighted by atomic mass is 10.1. The highest BCUT2D eigenvalue weighted by Gasteiger charge is 2.17. The van der Waals surface area contributed by atoms with Crippen molar-refractivity contribution in [2.75, 3.05) is 19.7 Å². The zero-order chi connectivity index (χ0) is 23.3. The third-order valence-electron chi connectivity index (χ3n) is 4.83. The van der Waals surface area contributed by atoms with Crippen molar-refractivity contribution in [3.63, 3.8) is 0 Å². The molecule has 3 rings (SSSR count). The van der Waals surface area contributed by atoms with Crippen LogP contribution in [0, 0.1) is 27.7 Å². The van der Waals surface area contributed by atoms with Crippen molar-refractivity contribution in [3.05, 3.63) is 57.5 Å². The monoisotopic (exact) mass is 460 g/mol. The molecule has 11 heteroatoms. The SMILES string of the molecule is Cc1ccc(OCC(=O)NCCNC(=O)c2nc(Cn3nc(C)c(Cl)c3C)no2)cc1C. The van der Waals surface area contributed by atoms with E-state index in [0.29, 0.717) is 22.3 Å². The Balaban J connectivity index is 1.39. The molecule has 0 unspecified atom stereocenters. The number of benzene rings is 1. The molecule has 0 atom stereocenters. The van der Waals surface area contributed by atoms with E-state index in [-0.39, 0.29) is 38.0 Å². The Morgan fingerprint density at radius 1 is 1.12 bits per heavy atom. The van der Waals surface area contributed by atoms with Gasteiger partial charge >= 0.3 is 11.8 Å². The van der Waals surface area contributed by atoms with Gasteiger partial charge in [0, 0.05) is 13.1 Å². The molecule has 0 aliphatic rings. The van der Waals surface area contributed by atoms with Crippen molar-refractivity contribution in [1.29, 1.82) is 0 Å². The molecule has 0 radical (unpaired) electrons. The van der Waals surface area contributed by atoms with Crippen molar-refractivity contribution in [3.8, 4) is 5.75 Å². The Labute approximate surface area is 190 Å². The number of carbonyl (C=O) groups is 2. The van der Waals surface area contributed by atoms with Crippen LogP contribution in [0.2, 0.25) is 5.02 Å². The summed E-state index contributed by atoms with van der Waals surface area (Å²) in [5.74, 6) is -0.0605. The third kappa shape index (κ3) is 5.85. The molecule has 170 valence electrons. The third-order valence-corrected chi connectivity index (χ3v) is 5.37. The second-order valence-electron chi connectivity index (χ2n) is 7.30. The highest BCUT2D eigenvalue weighted by atomic mass is 35.5. The summed E-state index contributed by atoms with van der Waals surface area (Å²) in [7, 11) is 0. The van der Waals surface area contributed by atoms with Gasteiger partial charge in [0.15, 0.2) is 12.4 Å². The Bertz CT molecular complexity index is 1120. The average Bonchev–Trinajstić information content (AvgIpc) is 3.33. The Hall–Kier alpha value is -3.40. The van der Waals surface area contributed by atoms with Crippen LogP contribution < -0.4 is 15.4 Å². The number of nitrogens with zero attached hydrogens (tertiary/aromatic N) is 4. The number of amides is 2. The molecule has 0 spiro atoms. The Morgan fingerprint density at radius 3 is 2.56 bits per heavy atom. The van der Waals surface area contributed by atoms with Crippen molar-refractivity contribution in [2.24, 2.45) is 0 Å². The average molecular weight is 461 g/mol. The van der Waals surface area contributed by atoms with Crippen LogP contribution in [-0.2, 0) is 11.3 Å². The maximum atomic E-state index is 12.2. The zero-order valence-electron chi connectivity index (χ0n) is 18.4. The normalized spacial score (nSPS) is 10.8. The molecule has 3 aromatic rings. The summed E-state index contributed by atoms with van der Waals surface area (Å²) in [5.41, 5.74) is 3.72. The van der Waals surface area contributed by atoms with Crippen LogP contribution in [-0.4, -0.2) is 51.4 Å². The minimum atomic E-state index is -0.532. The topological polar surface area (TPSA) is 124 Å². The first-order valence-electron chi connectivity index (χ1n) is 10.0. The summed E-state index contributed by atoms with van der Waals surface area (Å²) in [4.78, 5) is 28.1. The first-order valence-corrected chi connectivity index (χ1v) is 10.4. The predicted molar refractivity (Wildman–Crippen MR) is 117 cm³/mol. The van der Waals surface area contributed by atoms with E-state index in [1.54, 1.807) is 11.6 Å². The van der Waals surface area contributed by atoms with E-state index < -0.39 is 5.91 Å². The van der Waals surface area contributed by atoms with Crippen LogP contribution in [0.25, 0.3) is 0 Å². The van der Waals surface area contributed by atoms with E-state index in [4.69, 9.17) is 20.9 Å². The summed E-state index contributed by atoms with van der Waals surface area (Å²) >= 11 is 6.13. The van der Waals surface area contributed by atoms with Crippen molar-refractivity contribution in [1.82, 2.24) is 30.6 Å². The number of aryl methyl sites for hydroxylation is 3. The summed E-state index contributed by atoms with van der Waals surface area (Å²) in [5, 5.41) is 13.9. The molecule has 0 aliphatic carbocycles. The van der Waals surface area contributed by atoms with Crippen LogP contribution in [0.1, 0.15) is 39.0 Å². The predicted octanol–water partition coefficient (Wildman–Crippen LogP) is 2.13. The molecule has 1 aromatic carbocycles. The molecule has 0 saturated carbocycles.